The average molecular weight is 401 g/mol. The Morgan fingerprint density at radius 3 is 2.43 bits per heavy atom. The number of thiazole rings is 1. The van der Waals surface area contributed by atoms with Crippen molar-refractivity contribution < 1.29 is 26.7 Å². The molecule has 0 fully saturated rings. The van der Waals surface area contributed by atoms with E-state index in [-0.39, 0.29) is 16.5 Å². The lowest BCUT2D eigenvalue weighted by molar-refractivity contribution is -0.127. The summed E-state index contributed by atoms with van der Waals surface area (Å²) in [6, 6.07) is 0. The van der Waals surface area contributed by atoms with Gasteiger partial charge in [0, 0.05) is 41.0 Å². The number of nitrogens with two attached hydrogens (primary N) is 1. The molecular formula is C10H16N3O6PS3. The fourth-order valence-electron chi connectivity index (χ4n) is 1.10. The van der Waals surface area contributed by atoms with Crippen molar-refractivity contribution in [3.05, 3.63) is 11.1 Å². The van der Waals surface area contributed by atoms with Gasteiger partial charge in [-0.3, -0.25) is 0 Å². The molecule has 0 aliphatic heterocycles. The van der Waals surface area contributed by atoms with Crippen LogP contribution in [0.4, 0.5) is 5.13 Å². The fourth-order valence-corrected chi connectivity index (χ4v) is 4.38. The van der Waals surface area contributed by atoms with Crippen LogP contribution in [0.25, 0.3) is 0 Å². The van der Waals surface area contributed by atoms with Gasteiger partial charge >= 0.3 is 13.8 Å². The molecule has 0 radical (unpaired) electrons. The highest BCUT2D eigenvalue weighted by molar-refractivity contribution is 8.01. The molecule has 0 unspecified atom stereocenters. The van der Waals surface area contributed by atoms with Crippen molar-refractivity contribution in [3.8, 4) is 0 Å². The number of phosphoric acid groups is 1. The molecule has 0 bridgehead atoms. The number of hydrogen-bond acceptors (Lipinski definition) is 12. The van der Waals surface area contributed by atoms with E-state index in [2.05, 4.69) is 15.0 Å². The first-order valence-corrected chi connectivity index (χ1v) is 10.4. The number of nitrogen functional groups attached to an aromatic ring is 1. The van der Waals surface area contributed by atoms with Crippen LogP contribution in [-0.2, 0) is 26.7 Å². The van der Waals surface area contributed by atoms with Crippen LogP contribution in [-0.4, -0.2) is 35.3 Å². The minimum atomic E-state index is -4.12. The van der Waals surface area contributed by atoms with E-state index >= 15 is 0 Å². The van der Waals surface area contributed by atoms with Gasteiger partial charge in [-0.1, -0.05) is 19.0 Å². The van der Waals surface area contributed by atoms with Crippen molar-refractivity contribution in [1.82, 2.24) is 4.98 Å². The van der Waals surface area contributed by atoms with Crippen molar-refractivity contribution >= 4 is 60.1 Å². The van der Waals surface area contributed by atoms with Gasteiger partial charge in [0.05, 0.1) is 0 Å². The monoisotopic (exact) mass is 401 g/mol. The Kier molecular flexibility index (Phi) is 8.95. The molecule has 0 saturated carbocycles. The summed E-state index contributed by atoms with van der Waals surface area (Å²) in [6.07, 6.45) is 0. The Balaban J connectivity index is 2.93. The summed E-state index contributed by atoms with van der Waals surface area (Å²) in [5.74, 6) is -0.0824. The smallest absolute Gasteiger partial charge is 0.398 e. The van der Waals surface area contributed by atoms with Crippen molar-refractivity contribution in [1.29, 1.82) is 0 Å². The number of nitrogens with zero attached hydrogens (tertiary/aromatic N) is 2. The summed E-state index contributed by atoms with van der Waals surface area (Å²) in [7, 11) is -2.87. The molecule has 0 aliphatic carbocycles. The zero-order valence-electron chi connectivity index (χ0n) is 12.6. The molecule has 0 aliphatic rings. The maximum absolute atomic E-state index is 12.4. The van der Waals surface area contributed by atoms with Gasteiger partial charge in [-0.2, -0.15) is 0 Å². The summed E-state index contributed by atoms with van der Waals surface area (Å²) in [5, 5.41) is 5.26. The maximum Gasteiger partial charge on any atom is 0.555 e. The Morgan fingerprint density at radius 2 is 2.00 bits per heavy atom. The Bertz CT molecular complexity index is 584. The Labute approximate surface area is 146 Å². The molecule has 0 amide bonds. The molecule has 0 saturated heterocycles. The minimum absolute atomic E-state index is 0.136. The summed E-state index contributed by atoms with van der Waals surface area (Å²) in [6.45, 7) is 3.55. The van der Waals surface area contributed by atoms with E-state index < -0.39 is 13.8 Å². The number of aromatic nitrogens is 1. The van der Waals surface area contributed by atoms with Crippen LogP contribution >= 0.6 is 43.2 Å². The molecule has 2 N–H and O–H groups in total. The molecule has 13 heteroatoms. The number of hydrogen-bond donors (Lipinski definition) is 1. The second-order valence-corrected chi connectivity index (χ2v) is 8.27. The third-order valence-corrected chi connectivity index (χ3v) is 5.70. The molecule has 1 aromatic rings. The van der Waals surface area contributed by atoms with Crippen molar-refractivity contribution in [2.45, 2.75) is 13.8 Å². The highest BCUT2D eigenvalue weighted by Gasteiger charge is 2.36. The molecule has 9 nitrogen and oxygen atoms in total. The summed E-state index contributed by atoms with van der Waals surface area (Å²) < 4.78 is 27.2. The lowest BCUT2D eigenvalue weighted by Gasteiger charge is -2.14. The van der Waals surface area contributed by atoms with E-state index in [1.165, 1.54) is 12.5 Å². The van der Waals surface area contributed by atoms with Gasteiger partial charge in [-0.15, -0.1) is 11.3 Å². The van der Waals surface area contributed by atoms with Crippen LogP contribution in [0.1, 0.15) is 19.5 Å². The quantitative estimate of drug-likeness (QED) is 0.271. The standard InChI is InChI=1S/C10H16N3O6PS3/c1-4-22-18-20(15,19-23-5-2)17-9(14)8(13-16-3)7-6-21-10(11)12-7/h6H,4-5H2,1-3H3,(H2,11,12). The number of anilines is 1. The van der Waals surface area contributed by atoms with Gasteiger partial charge < -0.3 is 15.1 Å². The van der Waals surface area contributed by atoms with Crippen LogP contribution in [0.15, 0.2) is 10.5 Å². The Morgan fingerprint density at radius 1 is 1.39 bits per heavy atom. The lowest BCUT2D eigenvalue weighted by Crippen LogP contribution is -2.19. The molecular weight excluding hydrogens is 385 g/mol. The van der Waals surface area contributed by atoms with Crippen LogP contribution in [0.3, 0.4) is 0 Å². The predicted molar refractivity (Wildman–Crippen MR) is 92.2 cm³/mol. The van der Waals surface area contributed by atoms with Gasteiger partial charge in [0.25, 0.3) is 0 Å². The largest absolute Gasteiger partial charge is 0.555 e. The van der Waals surface area contributed by atoms with Crippen LogP contribution in [0.2, 0.25) is 0 Å². The second kappa shape index (κ2) is 10.2. The summed E-state index contributed by atoms with van der Waals surface area (Å²) >= 11 is 2.80. The molecule has 1 rings (SSSR count). The number of rotatable bonds is 10. The number of carbonyl (C=O) groups is 1. The highest BCUT2D eigenvalue weighted by atomic mass is 32.2. The van der Waals surface area contributed by atoms with Gasteiger partial charge in [-0.05, 0) is 0 Å². The molecule has 0 atom stereocenters. The summed E-state index contributed by atoms with van der Waals surface area (Å²) in [4.78, 5) is 20.7. The van der Waals surface area contributed by atoms with Gasteiger partial charge in [0.15, 0.2) is 5.13 Å². The molecule has 130 valence electrons. The lowest BCUT2D eigenvalue weighted by atomic mass is 10.3. The molecule has 1 heterocycles. The van der Waals surface area contributed by atoms with E-state index in [1.54, 1.807) is 13.8 Å². The van der Waals surface area contributed by atoms with E-state index in [0.717, 1.165) is 35.4 Å². The number of oxime groups is 1. The zero-order chi connectivity index (χ0) is 17.3. The first kappa shape index (κ1) is 20.3. The topological polar surface area (TPSA) is 122 Å². The van der Waals surface area contributed by atoms with Crippen molar-refractivity contribution in [2.75, 3.05) is 24.3 Å². The second-order valence-electron chi connectivity index (χ2n) is 3.48. The molecule has 0 aromatic carbocycles. The first-order chi connectivity index (χ1) is 11.0. The van der Waals surface area contributed by atoms with E-state index in [0.29, 0.717) is 11.5 Å². The SMILES string of the molecule is CCSOP(=O)(OSCC)OC(=O)C(=NOC)c1csc(N)n1. The number of carbonyl (C=O) groups excluding carboxylic acids is 1. The van der Waals surface area contributed by atoms with Gasteiger partial charge in [0.1, 0.15) is 12.8 Å². The van der Waals surface area contributed by atoms with E-state index in [9.17, 15) is 9.36 Å². The maximum atomic E-state index is 12.4. The van der Waals surface area contributed by atoms with Crippen molar-refractivity contribution in [2.24, 2.45) is 5.16 Å². The Hall–Kier alpha value is -0.780. The van der Waals surface area contributed by atoms with E-state index in [4.69, 9.17) is 18.2 Å². The fraction of sp³-hybridized carbons (Fsp3) is 0.500. The van der Waals surface area contributed by atoms with Crippen LogP contribution in [0, 0.1) is 0 Å². The molecule has 23 heavy (non-hydrogen) atoms. The first-order valence-electron chi connectivity index (χ1n) is 6.24. The zero-order valence-corrected chi connectivity index (χ0v) is 15.9. The predicted octanol–water partition coefficient (Wildman–Crippen LogP) is 3.10. The summed E-state index contributed by atoms with van der Waals surface area (Å²) in [5.41, 5.74) is 5.36. The average Bonchev–Trinajstić information content (AvgIpc) is 2.94. The third kappa shape index (κ3) is 6.69. The van der Waals surface area contributed by atoms with Crippen molar-refractivity contribution in [3.63, 3.8) is 0 Å². The van der Waals surface area contributed by atoms with E-state index in [1.807, 2.05) is 0 Å². The molecule has 0 spiro atoms. The highest BCUT2D eigenvalue weighted by Crippen LogP contribution is 2.55. The third-order valence-electron chi connectivity index (χ3n) is 1.86. The minimum Gasteiger partial charge on any atom is -0.398 e. The van der Waals surface area contributed by atoms with Crippen LogP contribution in [0.5, 0.6) is 0 Å². The van der Waals surface area contributed by atoms with Gasteiger partial charge in [-0.25, -0.2) is 22.3 Å². The molecule has 1 aromatic heterocycles. The van der Waals surface area contributed by atoms with Gasteiger partial charge in [0.2, 0.25) is 5.71 Å². The normalized spacial score (nSPS) is 12.2. The van der Waals surface area contributed by atoms with Crippen LogP contribution < -0.4 is 5.73 Å².